The molecule has 5 rings (SSSR count). The maximum absolute atomic E-state index is 12.8. The van der Waals surface area contributed by atoms with Crippen LogP contribution in [0, 0.1) is 0 Å². The minimum atomic E-state index is -0.0274. The van der Waals surface area contributed by atoms with Gasteiger partial charge in [0.15, 0.2) is 5.82 Å². The number of hydrogen-bond donors (Lipinski definition) is 1. The summed E-state index contributed by atoms with van der Waals surface area (Å²) in [5.74, 6) is 0.670. The first-order valence-electron chi connectivity index (χ1n) is 10.8. The van der Waals surface area contributed by atoms with Crippen LogP contribution in [-0.2, 0) is 19.5 Å². The van der Waals surface area contributed by atoms with Crippen molar-refractivity contribution >= 4 is 21.6 Å². The van der Waals surface area contributed by atoms with Crippen LogP contribution in [0.15, 0.2) is 56.9 Å². The summed E-state index contributed by atoms with van der Waals surface area (Å²) < 4.78 is 1.04. The Morgan fingerprint density at radius 1 is 1.10 bits per heavy atom. The molecule has 7 heteroatoms. The summed E-state index contributed by atoms with van der Waals surface area (Å²) >= 11 is 3.59. The molecule has 3 aromatic rings. The highest BCUT2D eigenvalue weighted by Crippen LogP contribution is 2.26. The van der Waals surface area contributed by atoms with Crippen molar-refractivity contribution in [3.8, 4) is 11.3 Å². The van der Waals surface area contributed by atoms with E-state index >= 15 is 0 Å². The third-order valence-corrected chi connectivity index (χ3v) is 6.62. The van der Waals surface area contributed by atoms with Crippen LogP contribution < -0.4 is 5.56 Å². The van der Waals surface area contributed by atoms with Crippen LogP contribution in [-0.4, -0.2) is 38.7 Å². The molecule has 0 aliphatic carbocycles. The lowest BCUT2D eigenvalue weighted by Gasteiger charge is -2.27. The van der Waals surface area contributed by atoms with Gasteiger partial charge >= 0.3 is 0 Å². The second-order valence-electron chi connectivity index (χ2n) is 8.12. The molecule has 0 amide bonds. The quantitative estimate of drug-likeness (QED) is 0.612. The number of nitrogens with zero attached hydrogens (tertiary/aromatic N) is 4. The van der Waals surface area contributed by atoms with E-state index < -0.39 is 0 Å². The summed E-state index contributed by atoms with van der Waals surface area (Å²) in [4.78, 5) is 32.0. The molecule has 0 radical (unpaired) electrons. The molecule has 1 N–H and O–H groups in total. The summed E-state index contributed by atoms with van der Waals surface area (Å²) in [5, 5.41) is 0. The van der Waals surface area contributed by atoms with Crippen LogP contribution in [0.3, 0.4) is 0 Å². The number of pyridine rings is 1. The first-order valence-corrected chi connectivity index (χ1v) is 11.5. The van der Waals surface area contributed by atoms with Gasteiger partial charge in [0.05, 0.1) is 22.7 Å². The highest BCUT2D eigenvalue weighted by molar-refractivity contribution is 9.10. The van der Waals surface area contributed by atoms with Gasteiger partial charge in [0.1, 0.15) is 0 Å². The van der Waals surface area contributed by atoms with Crippen LogP contribution in [0.1, 0.15) is 41.9 Å². The number of aromatic nitrogens is 3. The predicted octanol–water partition coefficient (Wildman–Crippen LogP) is 4.13. The number of fused-ring (bicyclic) bond motifs is 1. The Morgan fingerprint density at radius 2 is 2.00 bits per heavy atom. The second-order valence-corrected chi connectivity index (χ2v) is 8.97. The average molecular weight is 478 g/mol. The fraction of sp³-hybridized carbons (Fsp3) is 0.333. The highest BCUT2D eigenvalue weighted by atomic mass is 79.9. The minimum absolute atomic E-state index is 0.0274. The molecule has 0 fully saturated rings. The topological polar surface area (TPSA) is 74.2 Å². The van der Waals surface area contributed by atoms with E-state index in [2.05, 4.69) is 54.0 Å². The van der Waals surface area contributed by atoms with E-state index in [4.69, 9.17) is 4.98 Å². The number of H-pyrrole nitrogens is 1. The monoisotopic (exact) mass is 477 g/mol. The summed E-state index contributed by atoms with van der Waals surface area (Å²) in [7, 11) is 0. The van der Waals surface area contributed by atoms with Crippen molar-refractivity contribution < 1.29 is 0 Å². The molecule has 0 saturated carbocycles. The van der Waals surface area contributed by atoms with E-state index in [1.165, 1.54) is 0 Å². The number of rotatable bonds is 4. The molecule has 2 aliphatic rings. The van der Waals surface area contributed by atoms with E-state index in [1.807, 2.05) is 24.4 Å². The van der Waals surface area contributed by atoms with Gasteiger partial charge in [-0.15, -0.1) is 0 Å². The first kappa shape index (κ1) is 20.3. The van der Waals surface area contributed by atoms with Gasteiger partial charge in [0.25, 0.3) is 5.56 Å². The summed E-state index contributed by atoms with van der Waals surface area (Å²) in [6.07, 6.45) is 5.84. The maximum atomic E-state index is 12.8. The first-order chi connectivity index (χ1) is 15.2. The molecule has 6 nitrogen and oxygen atoms in total. The molecule has 158 valence electrons. The van der Waals surface area contributed by atoms with Gasteiger partial charge in [-0.05, 0) is 37.0 Å². The Kier molecular flexibility index (Phi) is 5.78. The number of nitrogens with one attached hydrogen (secondary N) is 1. The molecular formula is C24H24BrN5O. The zero-order chi connectivity index (χ0) is 21.2. The Labute approximate surface area is 189 Å². The Morgan fingerprint density at radius 3 is 2.77 bits per heavy atom. The second kappa shape index (κ2) is 8.85. The normalized spacial score (nSPS) is 16.6. The SMILES string of the molecule is O=c1[nH]c(C2=NCCCC2)nc2c1CN(Cc1ccc(-c3ccccc3Br)nc1)CC2. The number of halogens is 1. The van der Waals surface area contributed by atoms with Crippen molar-refractivity contribution in [2.24, 2.45) is 4.99 Å². The van der Waals surface area contributed by atoms with E-state index in [9.17, 15) is 4.79 Å². The standard InChI is InChI=1S/C24H24BrN5O/c25-19-6-2-1-5-17(19)20-9-8-16(13-27-20)14-30-12-10-21-18(15-30)24(31)29-23(28-21)22-7-3-4-11-26-22/h1-2,5-6,8-9,13H,3-4,7,10-12,14-15H2,(H,28,29,31). The Balaban J connectivity index is 1.30. The molecule has 0 spiro atoms. The molecule has 4 heterocycles. The van der Waals surface area contributed by atoms with Crippen LogP contribution in [0.4, 0.5) is 0 Å². The molecule has 0 saturated heterocycles. The number of aliphatic imine (C=N–C) groups is 1. The molecule has 2 aromatic heterocycles. The molecule has 0 atom stereocenters. The fourth-order valence-corrected chi connectivity index (χ4v) is 4.74. The van der Waals surface area contributed by atoms with Gasteiger partial charge in [-0.2, -0.15) is 0 Å². The number of aromatic amines is 1. The third-order valence-electron chi connectivity index (χ3n) is 5.93. The lowest BCUT2D eigenvalue weighted by atomic mass is 10.0. The predicted molar refractivity (Wildman–Crippen MR) is 125 cm³/mol. The van der Waals surface area contributed by atoms with Crippen molar-refractivity contribution in [3.05, 3.63) is 80.1 Å². The van der Waals surface area contributed by atoms with Crippen molar-refractivity contribution in [1.29, 1.82) is 0 Å². The Hall–Kier alpha value is -2.64. The summed E-state index contributed by atoms with van der Waals surface area (Å²) in [6, 6.07) is 12.3. The lowest BCUT2D eigenvalue weighted by molar-refractivity contribution is 0.241. The fourth-order valence-electron chi connectivity index (χ4n) is 4.25. The number of hydrogen-bond acceptors (Lipinski definition) is 5. The van der Waals surface area contributed by atoms with Crippen LogP contribution in [0.5, 0.6) is 0 Å². The van der Waals surface area contributed by atoms with E-state index in [-0.39, 0.29) is 5.56 Å². The van der Waals surface area contributed by atoms with Gasteiger partial charge < -0.3 is 4.98 Å². The van der Waals surface area contributed by atoms with E-state index in [0.29, 0.717) is 12.4 Å². The van der Waals surface area contributed by atoms with Crippen LogP contribution >= 0.6 is 15.9 Å². The molecule has 2 aliphatic heterocycles. The largest absolute Gasteiger partial charge is 0.305 e. The van der Waals surface area contributed by atoms with E-state index in [1.54, 1.807) is 0 Å². The number of benzene rings is 1. The van der Waals surface area contributed by atoms with E-state index in [0.717, 1.165) is 83.6 Å². The summed E-state index contributed by atoms with van der Waals surface area (Å²) in [5.41, 5.74) is 5.79. The smallest absolute Gasteiger partial charge is 0.255 e. The van der Waals surface area contributed by atoms with Crippen molar-refractivity contribution in [2.45, 2.75) is 38.8 Å². The van der Waals surface area contributed by atoms with Gasteiger partial charge in [-0.3, -0.25) is 19.7 Å². The van der Waals surface area contributed by atoms with Gasteiger partial charge in [-0.25, -0.2) is 4.98 Å². The lowest BCUT2D eigenvalue weighted by Crippen LogP contribution is -2.36. The molecule has 31 heavy (non-hydrogen) atoms. The molecule has 0 bridgehead atoms. The third kappa shape index (κ3) is 4.38. The van der Waals surface area contributed by atoms with Crippen molar-refractivity contribution in [1.82, 2.24) is 19.9 Å². The van der Waals surface area contributed by atoms with Crippen molar-refractivity contribution in [3.63, 3.8) is 0 Å². The van der Waals surface area contributed by atoms with Gasteiger partial charge in [-0.1, -0.05) is 40.2 Å². The van der Waals surface area contributed by atoms with Gasteiger partial charge in [0.2, 0.25) is 0 Å². The zero-order valence-electron chi connectivity index (χ0n) is 17.3. The zero-order valence-corrected chi connectivity index (χ0v) is 18.9. The minimum Gasteiger partial charge on any atom is -0.305 e. The maximum Gasteiger partial charge on any atom is 0.255 e. The average Bonchev–Trinajstić information content (AvgIpc) is 2.81. The molecule has 0 unspecified atom stereocenters. The van der Waals surface area contributed by atoms with Crippen LogP contribution in [0.2, 0.25) is 0 Å². The molecule has 1 aromatic carbocycles. The Bertz CT molecular complexity index is 1190. The highest BCUT2D eigenvalue weighted by Gasteiger charge is 2.23. The van der Waals surface area contributed by atoms with Crippen LogP contribution in [0.25, 0.3) is 11.3 Å². The summed E-state index contributed by atoms with van der Waals surface area (Å²) in [6.45, 7) is 3.08. The molecular weight excluding hydrogens is 454 g/mol. The van der Waals surface area contributed by atoms with Gasteiger partial charge in [0, 0.05) is 48.8 Å². The van der Waals surface area contributed by atoms with Crippen molar-refractivity contribution in [2.75, 3.05) is 13.1 Å².